The highest BCUT2D eigenvalue weighted by Gasteiger charge is 2.55. The van der Waals surface area contributed by atoms with E-state index in [0.29, 0.717) is 5.54 Å². The molecular formula is C26H43BO2Si. The van der Waals surface area contributed by atoms with Crippen LogP contribution in [0.15, 0.2) is 41.9 Å². The van der Waals surface area contributed by atoms with Gasteiger partial charge in [-0.05, 0) is 51.0 Å². The molecule has 1 heterocycles. The van der Waals surface area contributed by atoms with E-state index in [4.69, 9.17) is 9.31 Å². The third kappa shape index (κ3) is 4.81. The van der Waals surface area contributed by atoms with Crippen LogP contribution >= 0.6 is 0 Å². The average molecular weight is 427 g/mol. The first-order valence-electron chi connectivity index (χ1n) is 12.2. The Labute approximate surface area is 187 Å². The van der Waals surface area contributed by atoms with Gasteiger partial charge in [0.15, 0.2) is 0 Å². The van der Waals surface area contributed by atoms with E-state index in [-0.39, 0.29) is 18.3 Å². The first kappa shape index (κ1) is 23.8. The predicted octanol–water partition coefficient (Wildman–Crippen LogP) is 6.91. The summed E-state index contributed by atoms with van der Waals surface area (Å²) in [5, 5.41) is 1.56. The molecule has 2 aliphatic rings. The Morgan fingerprint density at radius 1 is 1.03 bits per heavy atom. The second-order valence-corrected chi connectivity index (χ2v) is 15.7. The summed E-state index contributed by atoms with van der Waals surface area (Å²) >= 11 is 0. The summed E-state index contributed by atoms with van der Waals surface area (Å²) in [4.78, 5) is 0. The van der Waals surface area contributed by atoms with E-state index in [2.05, 4.69) is 84.1 Å². The van der Waals surface area contributed by atoms with Crippen molar-refractivity contribution < 1.29 is 9.31 Å². The van der Waals surface area contributed by atoms with Crippen LogP contribution in [0.25, 0.3) is 0 Å². The van der Waals surface area contributed by atoms with Crippen molar-refractivity contribution in [1.82, 2.24) is 0 Å². The van der Waals surface area contributed by atoms with Crippen molar-refractivity contribution >= 4 is 20.4 Å². The minimum Gasteiger partial charge on any atom is -0.400 e. The highest BCUT2D eigenvalue weighted by Crippen LogP contribution is 2.48. The number of allylic oxidation sites excluding steroid dienone is 2. The van der Waals surface area contributed by atoms with E-state index in [1.165, 1.54) is 37.6 Å². The molecule has 0 bridgehead atoms. The Bertz CT molecular complexity index is 704. The molecule has 0 spiro atoms. The normalized spacial score (nSPS) is 23.6. The van der Waals surface area contributed by atoms with Crippen molar-refractivity contribution in [3.63, 3.8) is 0 Å². The summed E-state index contributed by atoms with van der Waals surface area (Å²) in [6.07, 6.45) is 11.6. The maximum atomic E-state index is 6.66. The number of benzene rings is 1. The highest BCUT2D eigenvalue weighted by molar-refractivity contribution is 6.92. The molecule has 0 amide bonds. The van der Waals surface area contributed by atoms with Crippen molar-refractivity contribution in [3.8, 4) is 0 Å². The van der Waals surface area contributed by atoms with Gasteiger partial charge in [0.2, 0.25) is 0 Å². The topological polar surface area (TPSA) is 18.5 Å². The molecule has 1 saturated carbocycles. The smallest absolute Gasteiger partial charge is 0.400 e. The van der Waals surface area contributed by atoms with Crippen LogP contribution in [0.4, 0.5) is 0 Å². The number of hydrogen-bond donors (Lipinski definition) is 0. The van der Waals surface area contributed by atoms with Crippen molar-refractivity contribution in [3.05, 3.63) is 41.9 Å². The van der Waals surface area contributed by atoms with Crippen molar-refractivity contribution in [1.29, 1.82) is 0 Å². The molecule has 4 heteroatoms. The molecule has 1 aliphatic heterocycles. The van der Waals surface area contributed by atoms with Gasteiger partial charge in [0.1, 0.15) is 0 Å². The van der Waals surface area contributed by atoms with E-state index >= 15 is 0 Å². The fraction of sp³-hybridized carbons (Fsp3) is 0.692. The zero-order valence-electron chi connectivity index (χ0n) is 20.5. The fourth-order valence-corrected chi connectivity index (χ4v) is 9.46. The van der Waals surface area contributed by atoms with Gasteiger partial charge in [-0.25, -0.2) is 0 Å². The molecule has 1 atom stereocenters. The zero-order chi connectivity index (χ0) is 22.0. The molecular weight excluding hydrogens is 383 g/mol. The quantitative estimate of drug-likeness (QED) is 0.441. The monoisotopic (exact) mass is 426 g/mol. The van der Waals surface area contributed by atoms with Crippen molar-refractivity contribution in [2.24, 2.45) is 5.92 Å². The van der Waals surface area contributed by atoms with Gasteiger partial charge >= 0.3 is 7.12 Å². The van der Waals surface area contributed by atoms with Gasteiger partial charge in [-0.15, -0.1) is 0 Å². The summed E-state index contributed by atoms with van der Waals surface area (Å²) < 4.78 is 13.3. The Hall–Kier alpha value is -0.838. The molecule has 1 saturated heterocycles. The summed E-state index contributed by atoms with van der Waals surface area (Å²) in [7, 11) is -2.02. The molecule has 0 radical (unpaired) electrons. The van der Waals surface area contributed by atoms with Crippen LogP contribution in [0.1, 0.15) is 79.6 Å². The second kappa shape index (κ2) is 9.34. The summed E-state index contributed by atoms with van der Waals surface area (Å²) in [6.45, 7) is 16.1. The number of hydrogen-bond acceptors (Lipinski definition) is 2. The molecule has 1 aromatic rings. The summed E-state index contributed by atoms with van der Waals surface area (Å²) in [5.74, 6) is 0.739. The molecule has 30 heavy (non-hydrogen) atoms. The zero-order valence-corrected chi connectivity index (χ0v) is 21.5. The highest BCUT2D eigenvalue weighted by atomic mass is 28.3. The van der Waals surface area contributed by atoms with Crippen LogP contribution in [0.5, 0.6) is 0 Å². The van der Waals surface area contributed by atoms with Crippen LogP contribution in [0, 0.1) is 5.92 Å². The van der Waals surface area contributed by atoms with Crippen molar-refractivity contribution in [2.45, 2.75) is 109 Å². The predicted molar refractivity (Wildman–Crippen MR) is 133 cm³/mol. The average Bonchev–Trinajstić information content (AvgIpc) is 2.93. The summed E-state index contributed by atoms with van der Waals surface area (Å²) in [5.41, 5.74) is 1.42. The Balaban J connectivity index is 2.06. The number of rotatable bonds is 7. The molecule has 0 aromatic heterocycles. The van der Waals surface area contributed by atoms with Crippen LogP contribution in [0.2, 0.25) is 18.6 Å². The Morgan fingerprint density at radius 3 is 2.13 bits per heavy atom. The lowest BCUT2D eigenvalue weighted by Gasteiger charge is -2.42. The first-order valence-corrected chi connectivity index (χ1v) is 15.3. The van der Waals surface area contributed by atoms with Gasteiger partial charge in [0, 0.05) is 0 Å². The molecule has 3 rings (SSSR count). The second-order valence-electron chi connectivity index (χ2n) is 11.0. The van der Waals surface area contributed by atoms with E-state index in [1.807, 2.05) is 0 Å². The van der Waals surface area contributed by atoms with Gasteiger partial charge in [0.05, 0.1) is 19.3 Å². The minimum atomic E-state index is -1.80. The SMILES string of the molecule is CCC/C=C(/B1OC(C)(C)C(C)(C)O1)C(C1CCCCC1)[Si](C)(C)c1ccccc1. The van der Waals surface area contributed by atoms with E-state index < -0.39 is 8.07 Å². The lowest BCUT2D eigenvalue weighted by Crippen LogP contribution is -2.51. The molecule has 2 fully saturated rings. The minimum absolute atomic E-state index is 0.219. The van der Waals surface area contributed by atoms with Gasteiger partial charge in [0.25, 0.3) is 0 Å². The third-order valence-electron chi connectivity index (χ3n) is 7.97. The fourth-order valence-electron chi connectivity index (χ4n) is 5.45. The van der Waals surface area contributed by atoms with E-state index in [1.54, 1.807) is 5.19 Å². The van der Waals surface area contributed by atoms with E-state index in [0.717, 1.165) is 18.8 Å². The van der Waals surface area contributed by atoms with Gasteiger partial charge in [-0.3, -0.25) is 0 Å². The summed E-state index contributed by atoms with van der Waals surface area (Å²) in [6, 6.07) is 11.3. The molecule has 1 aliphatic carbocycles. The third-order valence-corrected chi connectivity index (χ3v) is 12.2. The van der Waals surface area contributed by atoms with Crippen LogP contribution < -0.4 is 5.19 Å². The van der Waals surface area contributed by atoms with Gasteiger partial charge in [-0.2, -0.15) is 0 Å². The van der Waals surface area contributed by atoms with Crippen LogP contribution in [0.3, 0.4) is 0 Å². The largest absolute Gasteiger partial charge is 0.490 e. The van der Waals surface area contributed by atoms with Crippen LogP contribution in [-0.4, -0.2) is 26.4 Å². The Kier molecular flexibility index (Phi) is 7.42. The lowest BCUT2D eigenvalue weighted by atomic mass is 9.70. The van der Waals surface area contributed by atoms with Crippen molar-refractivity contribution in [2.75, 3.05) is 0 Å². The molecule has 0 N–H and O–H groups in total. The number of unbranched alkanes of at least 4 members (excludes halogenated alkanes) is 1. The molecule has 1 unspecified atom stereocenters. The maximum Gasteiger partial charge on any atom is 0.490 e. The lowest BCUT2D eigenvalue weighted by molar-refractivity contribution is 0.00578. The van der Waals surface area contributed by atoms with Crippen LogP contribution in [-0.2, 0) is 9.31 Å². The molecule has 166 valence electrons. The molecule has 1 aromatic carbocycles. The van der Waals surface area contributed by atoms with Gasteiger partial charge in [-0.1, -0.05) is 100 Å². The maximum absolute atomic E-state index is 6.66. The standard InChI is InChI=1S/C26H43BO2Si/c1-8-9-20-23(27-28-25(2,3)26(4,5)29-27)24(21-16-12-10-13-17-21)30(6,7)22-18-14-11-15-19-22/h11,14-15,18-21,24H,8-10,12-13,16-17H2,1-7H3/b23-20+. The molecule has 2 nitrogen and oxygen atoms in total. The Morgan fingerprint density at radius 2 is 1.60 bits per heavy atom. The first-order chi connectivity index (χ1) is 14.1. The van der Waals surface area contributed by atoms with Gasteiger partial charge < -0.3 is 9.31 Å². The van der Waals surface area contributed by atoms with E-state index in [9.17, 15) is 0 Å².